The molecule has 1 N–H and O–H groups in total. The Balaban J connectivity index is 3.52. The third kappa shape index (κ3) is 5.94. The molecule has 2 atom stereocenters. The third-order valence-electron chi connectivity index (χ3n) is 1.97. The topological polar surface area (TPSA) is 47.6 Å². The fourth-order valence-electron chi connectivity index (χ4n) is 0.954. The van der Waals surface area contributed by atoms with E-state index in [2.05, 4.69) is 5.32 Å². The van der Waals surface area contributed by atoms with Crippen LogP contribution in [0.5, 0.6) is 0 Å². The Morgan fingerprint density at radius 2 is 2.00 bits per heavy atom. The van der Waals surface area contributed by atoms with Crippen molar-refractivity contribution < 1.29 is 14.3 Å². The molecule has 0 aromatic rings. The van der Waals surface area contributed by atoms with Crippen LogP contribution in [0.4, 0.5) is 0 Å². The quantitative estimate of drug-likeness (QED) is 0.622. The van der Waals surface area contributed by atoms with E-state index in [0.717, 1.165) is 6.54 Å². The average Bonchev–Trinajstić information content (AvgIpc) is 2.17. The van der Waals surface area contributed by atoms with Crippen LogP contribution < -0.4 is 5.32 Å². The predicted octanol–water partition coefficient (Wildman–Crippen LogP) is 0.810. The first-order valence-electron chi connectivity index (χ1n) is 5.01. The summed E-state index contributed by atoms with van der Waals surface area (Å²) in [4.78, 5) is 11.2. The summed E-state index contributed by atoms with van der Waals surface area (Å²) in [5.41, 5.74) is 0. The van der Waals surface area contributed by atoms with Gasteiger partial charge in [0.25, 0.3) is 0 Å². The van der Waals surface area contributed by atoms with Crippen LogP contribution in [-0.2, 0) is 14.3 Å². The summed E-state index contributed by atoms with van der Waals surface area (Å²) < 4.78 is 9.94. The molecule has 0 radical (unpaired) electrons. The Morgan fingerprint density at radius 1 is 1.36 bits per heavy atom. The van der Waals surface area contributed by atoms with E-state index in [1.807, 2.05) is 20.8 Å². The molecule has 0 saturated carbocycles. The number of rotatable bonds is 7. The van der Waals surface area contributed by atoms with Gasteiger partial charge >= 0.3 is 5.97 Å². The van der Waals surface area contributed by atoms with E-state index in [-0.39, 0.29) is 18.0 Å². The first-order valence-corrected chi connectivity index (χ1v) is 5.01. The zero-order valence-electron chi connectivity index (χ0n) is 9.50. The minimum atomic E-state index is -0.148. The summed E-state index contributed by atoms with van der Waals surface area (Å²) in [6.45, 7) is 7.46. The fourth-order valence-corrected chi connectivity index (χ4v) is 0.954. The van der Waals surface area contributed by atoms with E-state index in [0.29, 0.717) is 13.2 Å². The fraction of sp³-hybridized carbons (Fsp3) is 0.900. The van der Waals surface area contributed by atoms with Crippen molar-refractivity contribution in [2.24, 2.45) is 5.92 Å². The van der Waals surface area contributed by atoms with E-state index < -0.39 is 0 Å². The second kappa shape index (κ2) is 7.76. The highest BCUT2D eigenvalue weighted by Gasteiger charge is 2.13. The van der Waals surface area contributed by atoms with E-state index in [9.17, 15) is 4.79 Å². The lowest BCUT2D eigenvalue weighted by Gasteiger charge is -2.14. The molecule has 4 heteroatoms. The van der Waals surface area contributed by atoms with Crippen molar-refractivity contribution in [3.63, 3.8) is 0 Å². The maximum atomic E-state index is 11.2. The second-order valence-corrected chi connectivity index (χ2v) is 3.36. The zero-order valence-corrected chi connectivity index (χ0v) is 9.50. The largest absolute Gasteiger partial charge is 0.466 e. The number of hydrogen-bond donors (Lipinski definition) is 1. The lowest BCUT2D eigenvalue weighted by atomic mass is 10.2. The Morgan fingerprint density at radius 3 is 2.50 bits per heavy atom. The second-order valence-electron chi connectivity index (χ2n) is 3.36. The number of methoxy groups -OCH3 is 1. The van der Waals surface area contributed by atoms with Gasteiger partial charge in [-0.2, -0.15) is 0 Å². The minimum Gasteiger partial charge on any atom is -0.466 e. The lowest BCUT2D eigenvalue weighted by Crippen LogP contribution is -2.33. The van der Waals surface area contributed by atoms with Gasteiger partial charge in [-0.3, -0.25) is 4.79 Å². The summed E-state index contributed by atoms with van der Waals surface area (Å²) in [6, 6.07) is 0. The highest BCUT2D eigenvalue weighted by molar-refractivity contribution is 5.72. The molecule has 14 heavy (non-hydrogen) atoms. The normalized spacial score (nSPS) is 14.9. The Bertz CT molecular complexity index is 161. The molecule has 0 bridgehead atoms. The molecule has 2 unspecified atom stereocenters. The van der Waals surface area contributed by atoms with Crippen molar-refractivity contribution in [3.8, 4) is 0 Å². The van der Waals surface area contributed by atoms with Crippen LogP contribution in [-0.4, -0.2) is 38.9 Å². The molecule has 0 aromatic carbocycles. The minimum absolute atomic E-state index is 0.0981. The Labute approximate surface area is 86.0 Å². The summed E-state index contributed by atoms with van der Waals surface area (Å²) >= 11 is 0. The van der Waals surface area contributed by atoms with E-state index in [4.69, 9.17) is 9.47 Å². The summed E-state index contributed by atoms with van der Waals surface area (Å²) in [6.07, 6.45) is 0.171. The smallest absolute Gasteiger partial charge is 0.309 e. The lowest BCUT2D eigenvalue weighted by molar-refractivity contribution is -0.147. The van der Waals surface area contributed by atoms with Gasteiger partial charge < -0.3 is 14.8 Å². The monoisotopic (exact) mass is 203 g/mol. The maximum Gasteiger partial charge on any atom is 0.309 e. The highest BCUT2D eigenvalue weighted by atomic mass is 16.5. The molecule has 4 nitrogen and oxygen atoms in total. The molecule has 0 aliphatic heterocycles. The molecular weight excluding hydrogens is 182 g/mol. The van der Waals surface area contributed by atoms with Crippen LogP contribution in [0.15, 0.2) is 0 Å². The predicted molar refractivity (Wildman–Crippen MR) is 55.1 cm³/mol. The van der Waals surface area contributed by atoms with E-state index >= 15 is 0 Å². The molecule has 0 amide bonds. The number of nitrogens with one attached hydrogen (secondary N) is 1. The number of hydrogen-bond acceptors (Lipinski definition) is 4. The summed E-state index contributed by atoms with van der Waals surface area (Å²) in [7, 11) is 1.67. The van der Waals surface area contributed by atoms with Gasteiger partial charge in [-0.25, -0.2) is 0 Å². The summed E-state index contributed by atoms with van der Waals surface area (Å²) in [5.74, 6) is -0.246. The van der Waals surface area contributed by atoms with Crippen LogP contribution in [0, 0.1) is 5.92 Å². The van der Waals surface area contributed by atoms with E-state index in [1.54, 1.807) is 7.11 Å². The van der Waals surface area contributed by atoms with Crippen LogP contribution in [0.3, 0.4) is 0 Å². The van der Waals surface area contributed by atoms with Crippen molar-refractivity contribution in [2.75, 3.05) is 26.8 Å². The number of carbonyl (C=O) groups is 1. The molecule has 0 aliphatic rings. The highest BCUT2D eigenvalue weighted by Crippen LogP contribution is 1.96. The first-order chi connectivity index (χ1) is 6.61. The van der Waals surface area contributed by atoms with E-state index in [1.165, 1.54) is 0 Å². The molecule has 0 heterocycles. The van der Waals surface area contributed by atoms with Crippen LogP contribution in [0.2, 0.25) is 0 Å². The third-order valence-corrected chi connectivity index (χ3v) is 1.97. The van der Waals surface area contributed by atoms with Gasteiger partial charge in [0.15, 0.2) is 0 Å². The van der Waals surface area contributed by atoms with Crippen LogP contribution in [0.25, 0.3) is 0 Å². The Kier molecular flexibility index (Phi) is 7.42. The van der Waals surface area contributed by atoms with Crippen molar-refractivity contribution in [2.45, 2.75) is 26.9 Å². The van der Waals surface area contributed by atoms with Crippen LogP contribution >= 0.6 is 0 Å². The summed E-state index contributed by atoms with van der Waals surface area (Å²) in [5, 5.41) is 3.15. The van der Waals surface area contributed by atoms with Gasteiger partial charge in [-0.05, 0) is 13.8 Å². The van der Waals surface area contributed by atoms with Crippen LogP contribution in [0.1, 0.15) is 20.8 Å². The molecular formula is C10H21NO3. The van der Waals surface area contributed by atoms with Gasteiger partial charge in [0, 0.05) is 20.2 Å². The molecule has 0 rings (SSSR count). The van der Waals surface area contributed by atoms with Gasteiger partial charge in [-0.15, -0.1) is 0 Å². The Hall–Kier alpha value is -0.610. The number of ether oxygens (including phenoxy) is 2. The van der Waals surface area contributed by atoms with Gasteiger partial charge in [-0.1, -0.05) is 6.92 Å². The molecule has 0 fully saturated rings. The maximum absolute atomic E-state index is 11.2. The standard InChI is InChI=1S/C10H21NO3/c1-5-14-10(12)8(2)6-11-7-9(3)13-4/h8-9,11H,5-7H2,1-4H3. The zero-order chi connectivity index (χ0) is 11.0. The van der Waals surface area contributed by atoms with Crippen molar-refractivity contribution in [1.82, 2.24) is 5.32 Å². The number of esters is 1. The molecule has 0 spiro atoms. The molecule has 0 saturated heterocycles. The van der Waals surface area contributed by atoms with Crippen molar-refractivity contribution >= 4 is 5.97 Å². The molecule has 84 valence electrons. The van der Waals surface area contributed by atoms with Gasteiger partial charge in [0.1, 0.15) is 0 Å². The van der Waals surface area contributed by atoms with Crippen molar-refractivity contribution in [3.05, 3.63) is 0 Å². The molecule has 0 aromatic heterocycles. The SMILES string of the molecule is CCOC(=O)C(C)CNCC(C)OC. The first kappa shape index (κ1) is 13.4. The molecule has 0 aliphatic carbocycles. The number of carbonyl (C=O) groups excluding carboxylic acids is 1. The van der Waals surface area contributed by atoms with Gasteiger partial charge in [0.05, 0.1) is 18.6 Å². The van der Waals surface area contributed by atoms with Gasteiger partial charge in [0.2, 0.25) is 0 Å². The van der Waals surface area contributed by atoms with Crippen molar-refractivity contribution in [1.29, 1.82) is 0 Å². The average molecular weight is 203 g/mol.